The second kappa shape index (κ2) is 9.53. The number of rotatable bonds is 6. The average molecular weight is 478 g/mol. The van der Waals surface area contributed by atoms with Crippen molar-refractivity contribution in [1.29, 1.82) is 0 Å². The molecule has 0 aliphatic carbocycles. The highest BCUT2D eigenvalue weighted by atomic mass is 35.5. The molecule has 0 unspecified atom stereocenters. The molecule has 0 radical (unpaired) electrons. The molecule has 0 fully saturated rings. The summed E-state index contributed by atoms with van der Waals surface area (Å²) in [6.45, 7) is 7.37. The smallest absolute Gasteiger partial charge is 0.348 e. The van der Waals surface area contributed by atoms with Crippen LogP contribution in [0.15, 0.2) is 82.7 Å². The minimum Gasteiger partial charge on any atom is -0.469 e. The topological polar surface area (TPSA) is 61.6 Å². The molecule has 0 atom stereocenters. The maximum Gasteiger partial charge on any atom is 0.348 e. The van der Waals surface area contributed by atoms with Gasteiger partial charge in [-0.3, -0.25) is 4.98 Å². The number of methoxy groups -OCH3 is 1. The molecule has 2 aromatic heterocycles. The van der Waals surface area contributed by atoms with Crippen LogP contribution in [0.2, 0.25) is 5.02 Å². The molecule has 0 spiro atoms. The van der Waals surface area contributed by atoms with Crippen molar-refractivity contribution in [2.75, 3.05) is 7.11 Å². The third-order valence-electron chi connectivity index (χ3n) is 5.41. The van der Waals surface area contributed by atoms with E-state index in [0.717, 1.165) is 16.7 Å². The van der Waals surface area contributed by atoms with E-state index in [-0.39, 0.29) is 23.1 Å². The summed E-state index contributed by atoms with van der Waals surface area (Å²) in [7, 11) is 1.42. The number of aromatic nitrogens is 1. The number of pyridine rings is 1. The first-order chi connectivity index (χ1) is 16.3. The van der Waals surface area contributed by atoms with Gasteiger partial charge in [-0.05, 0) is 73.5 Å². The molecule has 0 bridgehead atoms. The Kier molecular flexibility index (Phi) is 6.52. The van der Waals surface area contributed by atoms with Crippen molar-refractivity contribution in [2.45, 2.75) is 13.8 Å². The van der Waals surface area contributed by atoms with Crippen molar-refractivity contribution in [3.63, 3.8) is 0 Å². The number of benzene rings is 2. The van der Waals surface area contributed by atoms with Crippen molar-refractivity contribution < 1.29 is 18.3 Å². The maximum atomic E-state index is 13.4. The Labute approximate surface area is 201 Å². The van der Waals surface area contributed by atoms with Gasteiger partial charge in [-0.1, -0.05) is 23.7 Å². The second-order valence-corrected chi connectivity index (χ2v) is 8.03. The van der Waals surface area contributed by atoms with E-state index in [4.69, 9.17) is 25.5 Å². The molecule has 0 aliphatic rings. The van der Waals surface area contributed by atoms with Crippen molar-refractivity contribution in [3.8, 4) is 39.3 Å². The lowest BCUT2D eigenvalue weighted by atomic mass is 9.95. The lowest BCUT2D eigenvalue weighted by Crippen LogP contribution is -2.11. The summed E-state index contributed by atoms with van der Waals surface area (Å²) >= 11 is 6.67. The summed E-state index contributed by atoms with van der Waals surface area (Å²) in [5.74, 6) is 0.211. The molecule has 172 valence electrons. The van der Waals surface area contributed by atoms with Gasteiger partial charge in [0.05, 0.1) is 7.11 Å². The number of aryl methyl sites for hydroxylation is 1. The van der Waals surface area contributed by atoms with Gasteiger partial charge in [0, 0.05) is 34.1 Å². The molecule has 2 aromatic carbocycles. The van der Waals surface area contributed by atoms with Crippen LogP contribution >= 0.6 is 11.6 Å². The predicted molar refractivity (Wildman–Crippen MR) is 130 cm³/mol. The molecule has 7 heteroatoms. The van der Waals surface area contributed by atoms with Gasteiger partial charge in [0.15, 0.2) is 5.75 Å². The number of hydrogen-bond donors (Lipinski definition) is 0. The summed E-state index contributed by atoms with van der Waals surface area (Å²) in [5, 5.41) is 0.304. The molecular formula is C27H21ClFNO4. The van der Waals surface area contributed by atoms with Crippen LogP contribution in [0.4, 0.5) is 4.39 Å². The first kappa shape index (κ1) is 23.3. The normalized spacial score (nSPS) is 10.7. The van der Waals surface area contributed by atoms with E-state index in [0.29, 0.717) is 27.5 Å². The van der Waals surface area contributed by atoms with E-state index >= 15 is 0 Å². The number of hydrogen-bond acceptors (Lipinski definition) is 5. The van der Waals surface area contributed by atoms with Crippen LogP contribution in [-0.2, 0) is 4.74 Å². The van der Waals surface area contributed by atoms with Crippen LogP contribution < -0.4 is 10.4 Å². The average Bonchev–Trinajstić information content (AvgIpc) is 2.84. The van der Waals surface area contributed by atoms with Crippen molar-refractivity contribution in [2.24, 2.45) is 0 Å². The Morgan fingerprint density at radius 2 is 1.82 bits per heavy atom. The van der Waals surface area contributed by atoms with Gasteiger partial charge in [0.25, 0.3) is 5.95 Å². The Morgan fingerprint density at radius 3 is 2.47 bits per heavy atom. The summed E-state index contributed by atoms with van der Waals surface area (Å²) in [6.07, 6.45) is 3.22. The van der Waals surface area contributed by atoms with Crippen molar-refractivity contribution >= 4 is 11.6 Å². The molecule has 0 saturated heterocycles. The van der Waals surface area contributed by atoms with Crippen molar-refractivity contribution in [1.82, 2.24) is 4.98 Å². The standard InChI is InChI=1S/C27H21ClFNO4/c1-15-12-22(23(28)13-21(15)18-7-9-20(29)10-8-18)24-26(33-17(3)32-4)16(2)25(34-27(24)31)19-6-5-11-30-14-19/h5-14H,3H2,1-2,4H3. The molecule has 2 heterocycles. The van der Waals surface area contributed by atoms with Crippen LogP contribution in [0, 0.1) is 19.7 Å². The largest absolute Gasteiger partial charge is 0.469 e. The van der Waals surface area contributed by atoms with Gasteiger partial charge in [-0.15, -0.1) is 0 Å². The fourth-order valence-electron chi connectivity index (χ4n) is 3.70. The minimum absolute atomic E-state index is 0.00265. The van der Waals surface area contributed by atoms with Gasteiger partial charge < -0.3 is 13.9 Å². The Bertz CT molecular complexity index is 1430. The molecule has 0 N–H and O–H groups in total. The fourth-order valence-corrected chi connectivity index (χ4v) is 3.96. The second-order valence-electron chi connectivity index (χ2n) is 7.62. The number of halogens is 2. The molecular weight excluding hydrogens is 457 g/mol. The molecule has 4 aromatic rings. The lowest BCUT2D eigenvalue weighted by molar-refractivity contribution is 0.153. The molecule has 34 heavy (non-hydrogen) atoms. The van der Waals surface area contributed by atoms with Gasteiger partial charge in [0.1, 0.15) is 17.1 Å². The zero-order valence-corrected chi connectivity index (χ0v) is 19.6. The van der Waals surface area contributed by atoms with Gasteiger partial charge in [-0.25, -0.2) is 9.18 Å². The highest BCUT2D eigenvalue weighted by Gasteiger charge is 2.24. The Balaban J connectivity index is 1.94. The third-order valence-corrected chi connectivity index (χ3v) is 5.73. The van der Waals surface area contributed by atoms with E-state index in [1.807, 2.05) is 6.92 Å². The Hall–Kier alpha value is -3.90. The Morgan fingerprint density at radius 1 is 1.09 bits per heavy atom. The van der Waals surface area contributed by atoms with Gasteiger partial charge in [0.2, 0.25) is 0 Å². The van der Waals surface area contributed by atoms with E-state index in [1.165, 1.54) is 19.2 Å². The van der Waals surface area contributed by atoms with E-state index in [1.54, 1.807) is 55.7 Å². The van der Waals surface area contributed by atoms with Crippen LogP contribution in [-0.4, -0.2) is 12.1 Å². The SMILES string of the molecule is C=C(OC)Oc1c(C)c(-c2cccnc2)oc(=O)c1-c1cc(C)c(-c2ccc(F)cc2)cc1Cl. The number of ether oxygens (including phenoxy) is 2. The summed E-state index contributed by atoms with van der Waals surface area (Å²) < 4.78 is 30.0. The quantitative estimate of drug-likeness (QED) is 0.281. The first-order valence-corrected chi connectivity index (χ1v) is 10.7. The van der Waals surface area contributed by atoms with E-state index in [2.05, 4.69) is 11.6 Å². The molecule has 4 rings (SSSR count). The predicted octanol–water partition coefficient (Wildman–Crippen LogP) is 6.94. The maximum absolute atomic E-state index is 13.4. The summed E-state index contributed by atoms with van der Waals surface area (Å²) in [4.78, 5) is 17.4. The monoisotopic (exact) mass is 477 g/mol. The highest BCUT2D eigenvalue weighted by Crippen LogP contribution is 2.41. The highest BCUT2D eigenvalue weighted by molar-refractivity contribution is 6.33. The van der Waals surface area contributed by atoms with Gasteiger partial charge in [-0.2, -0.15) is 0 Å². The molecule has 5 nitrogen and oxygen atoms in total. The molecule has 0 saturated carbocycles. The fraction of sp³-hybridized carbons (Fsp3) is 0.111. The minimum atomic E-state index is -0.640. The van der Waals surface area contributed by atoms with Crippen LogP contribution in [0.25, 0.3) is 33.6 Å². The van der Waals surface area contributed by atoms with E-state index < -0.39 is 5.63 Å². The van der Waals surface area contributed by atoms with Crippen LogP contribution in [0.5, 0.6) is 5.75 Å². The lowest BCUT2D eigenvalue weighted by Gasteiger charge is -2.18. The zero-order valence-electron chi connectivity index (χ0n) is 18.8. The number of nitrogens with zero attached hydrogens (tertiary/aromatic N) is 1. The van der Waals surface area contributed by atoms with E-state index in [9.17, 15) is 9.18 Å². The van der Waals surface area contributed by atoms with Gasteiger partial charge >= 0.3 is 5.63 Å². The summed E-state index contributed by atoms with van der Waals surface area (Å²) in [5.41, 5.74) is 3.54. The third kappa shape index (κ3) is 4.45. The zero-order chi connectivity index (χ0) is 24.4. The summed E-state index contributed by atoms with van der Waals surface area (Å²) in [6, 6.07) is 13.1. The van der Waals surface area contributed by atoms with Crippen LogP contribution in [0.1, 0.15) is 11.1 Å². The molecule has 0 amide bonds. The van der Waals surface area contributed by atoms with Crippen molar-refractivity contribution in [3.05, 3.63) is 106 Å². The first-order valence-electron chi connectivity index (χ1n) is 10.4. The molecule has 0 aliphatic heterocycles. The van der Waals surface area contributed by atoms with Crippen LogP contribution in [0.3, 0.4) is 0 Å².